The molecule has 0 amide bonds. The number of rotatable bonds is 4. The number of nitriles is 1. The minimum atomic E-state index is 0.394. The van der Waals surface area contributed by atoms with Gasteiger partial charge in [-0.3, -0.25) is 0 Å². The second-order valence-electron chi connectivity index (χ2n) is 6.24. The first-order valence-electron chi connectivity index (χ1n) is 8.05. The van der Waals surface area contributed by atoms with Gasteiger partial charge in [0.25, 0.3) is 0 Å². The second-order valence-corrected chi connectivity index (χ2v) is 6.24. The summed E-state index contributed by atoms with van der Waals surface area (Å²) < 4.78 is 0. The molecule has 5 heteroatoms. The Hall–Kier alpha value is -1.67. The fourth-order valence-electron chi connectivity index (χ4n) is 3.54. The molecule has 1 aromatic heterocycles. The van der Waals surface area contributed by atoms with Crippen molar-refractivity contribution in [2.45, 2.75) is 44.6 Å². The molecule has 2 heterocycles. The van der Waals surface area contributed by atoms with E-state index in [1.165, 1.54) is 32.2 Å². The van der Waals surface area contributed by atoms with E-state index in [1.807, 2.05) is 0 Å². The molecule has 112 valence electrons. The Morgan fingerprint density at radius 1 is 1.14 bits per heavy atom. The number of hydrogen-bond acceptors (Lipinski definition) is 5. The van der Waals surface area contributed by atoms with Crippen molar-refractivity contribution in [2.75, 3.05) is 25.0 Å². The molecule has 1 aromatic rings. The molecule has 1 aliphatic carbocycles. The summed E-state index contributed by atoms with van der Waals surface area (Å²) in [7, 11) is 0. The number of nitrogens with one attached hydrogen (secondary N) is 1. The van der Waals surface area contributed by atoms with Gasteiger partial charge in [-0.15, -0.1) is 0 Å². The third-order valence-corrected chi connectivity index (χ3v) is 4.72. The molecule has 5 nitrogen and oxygen atoms in total. The molecule has 1 N–H and O–H groups in total. The Kier molecular flexibility index (Phi) is 4.66. The monoisotopic (exact) mass is 285 g/mol. The average molecular weight is 285 g/mol. The van der Waals surface area contributed by atoms with Crippen molar-refractivity contribution in [2.24, 2.45) is 5.92 Å². The van der Waals surface area contributed by atoms with Crippen LogP contribution in [0.4, 0.5) is 5.82 Å². The van der Waals surface area contributed by atoms with Crippen molar-refractivity contribution in [1.82, 2.24) is 14.9 Å². The zero-order valence-corrected chi connectivity index (χ0v) is 12.5. The lowest BCUT2D eigenvalue weighted by molar-refractivity contribution is 0.189. The van der Waals surface area contributed by atoms with Crippen molar-refractivity contribution in [3.63, 3.8) is 0 Å². The first-order chi connectivity index (χ1) is 10.3. The van der Waals surface area contributed by atoms with Gasteiger partial charge in [0.15, 0.2) is 11.5 Å². The highest BCUT2D eigenvalue weighted by Gasteiger charge is 2.24. The van der Waals surface area contributed by atoms with Crippen LogP contribution in [0.15, 0.2) is 12.4 Å². The Morgan fingerprint density at radius 2 is 1.86 bits per heavy atom. The van der Waals surface area contributed by atoms with Crippen molar-refractivity contribution >= 4 is 5.82 Å². The normalized spacial score (nSPS) is 21.3. The molecular formula is C16H23N5. The largest absolute Gasteiger partial charge is 0.365 e. The van der Waals surface area contributed by atoms with Gasteiger partial charge in [-0.25, -0.2) is 9.97 Å². The Balaban J connectivity index is 1.48. The topological polar surface area (TPSA) is 64.8 Å². The highest BCUT2D eigenvalue weighted by atomic mass is 15.2. The summed E-state index contributed by atoms with van der Waals surface area (Å²) in [6.07, 6.45) is 11.1. The first kappa shape index (κ1) is 14.3. The molecule has 0 bridgehead atoms. The van der Waals surface area contributed by atoms with Crippen molar-refractivity contribution in [3.05, 3.63) is 18.1 Å². The number of anilines is 1. The van der Waals surface area contributed by atoms with Gasteiger partial charge >= 0.3 is 0 Å². The minimum Gasteiger partial charge on any atom is -0.365 e. The van der Waals surface area contributed by atoms with Crippen LogP contribution in [0.2, 0.25) is 0 Å². The molecule has 0 aromatic carbocycles. The smallest absolute Gasteiger partial charge is 0.182 e. The van der Waals surface area contributed by atoms with Crippen LogP contribution >= 0.6 is 0 Å². The predicted octanol–water partition coefficient (Wildman–Crippen LogP) is 2.41. The molecule has 1 aliphatic heterocycles. The SMILES string of the molecule is N#Cc1nccnc1NC1CCN(CC2CCCC2)CC1. The minimum absolute atomic E-state index is 0.394. The van der Waals surface area contributed by atoms with Crippen LogP contribution < -0.4 is 5.32 Å². The Morgan fingerprint density at radius 3 is 2.57 bits per heavy atom. The van der Waals surface area contributed by atoms with Crippen LogP contribution in [0.1, 0.15) is 44.2 Å². The number of hydrogen-bond donors (Lipinski definition) is 1. The molecule has 0 radical (unpaired) electrons. The number of likely N-dealkylation sites (tertiary alicyclic amines) is 1. The molecule has 21 heavy (non-hydrogen) atoms. The van der Waals surface area contributed by atoms with Gasteiger partial charge in [0.2, 0.25) is 0 Å². The van der Waals surface area contributed by atoms with Crippen molar-refractivity contribution in [3.8, 4) is 6.07 Å². The van der Waals surface area contributed by atoms with E-state index in [9.17, 15) is 0 Å². The molecule has 0 unspecified atom stereocenters. The summed E-state index contributed by atoms with van der Waals surface area (Å²) in [5.41, 5.74) is 0.394. The van der Waals surface area contributed by atoms with E-state index in [1.54, 1.807) is 12.4 Å². The zero-order chi connectivity index (χ0) is 14.5. The summed E-state index contributed by atoms with van der Waals surface area (Å²) in [5, 5.41) is 12.4. The van der Waals surface area contributed by atoms with E-state index in [0.29, 0.717) is 17.6 Å². The van der Waals surface area contributed by atoms with Gasteiger partial charge in [0.1, 0.15) is 6.07 Å². The van der Waals surface area contributed by atoms with Gasteiger partial charge in [-0.1, -0.05) is 12.8 Å². The van der Waals surface area contributed by atoms with Gasteiger partial charge in [-0.2, -0.15) is 5.26 Å². The van der Waals surface area contributed by atoms with Crippen LogP contribution in [-0.4, -0.2) is 40.5 Å². The maximum absolute atomic E-state index is 9.05. The standard InChI is InChI=1S/C16H23N5/c17-11-15-16(19-8-7-18-15)20-14-5-9-21(10-6-14)12-13-3-1-2-4-13/h7-8,13-14H,1-6,9-10,12H2,(H,19,20). The molecule has 1 saturated heterocycles. The fourth-order valence-corrected chi connectivity index (χ4v) is 3.54. The third-order valence-electron chi connectivity index (χ3n) is 4.72. The van der Waals surface area contributed by atoms with E-state index in [-0.39, 0.29) is 0 Å². The number of aromatic nitrogens is 2. The van der Waals surface area contributed by atoms with E-state index in [2.05, 4.69) is 26.3 Å². The molecule has 0 spiro atoms. The third kappa shape index (κ3) is 3.70. The summed E-state index contributed by atoms with van der Waals surface area (Å²) in [6.45, 7) is 3.58. The van der Waals surface area contributed by atoms with E-state index in [0.717, 1.165) is 31.8 Å². The van der Waals surface area contributed by atoms with E-state index >= 15 is 0 Å². The Bertz CT molecular complexity index is 496. The lowest BCUT2D eigenvalue weighted by atomic mass is 10.0. The van der Waals surface area contributed by atoms with Gasteiger partial charge < -0.3 is 10.2 Å². The van der Waals surface area contributed by atoms with Crippen LogP contribution in [0.3, 0.4) is 0 Å². The van der Waals surface area contributed by atoms with Crippen LogP contribution in [0.5, 0.6) is 0 Å². The number of piperidine rings is 1. The lowest BCUT2D eigenvalue weighted by Gasteiger charge is -2.34. The second kappa shape index (κ2) is 6.86. The summed E-state index contributed by atoms with van der Waals surface area (Å²) in [5.74, 6) is 1.56. The van der Waals surface area contributed by atoms with Crippen molar-refractivity contribution < 1.29 is 0 Å². The first-order valence-corrected chi connectivity index (χ1v) is 8.05. The van der Waals surface area contributed by atoms with Gasteiger partial charge in [0.05, 0.1) is 0 Å². The molecule has 0 atom stereocenters. The van der Waals surface area contributed by atoms with Gasteiger partial charge in [0, 0.05) is 38.1 Å². The number of nitrogens with zero attached hydrogens (tertiary/aromatic N) is 4. The highest BCUT2D eigenvalue weighted by molar-refractivity contribution is 5.47. The lowest BCUT2D eigenvalue weighted by Crippen LogP contribution is -2.41. The highest BCUT2D eigenvalue weighted by Crippen LogP contribution is 2.26. The van der Waals surface area contributed by atoms with Crippen LogP contribution in [0, 0.1) is 17.2 Å². The molecular weight excluding hydrogens is 262 g/mol. The average Bonchev–Trinajstić information content (AvgIpc) is 3.03. The molecule has 3 rings (SSSR count). The van der Waals surface area contributed by atoms with Crippen molar-refractivity contribution in [1.29, 1.82) is 5.26 Å². The molecule has 1 saturated carbocycles. The van der Waals surface area contributed by atoms with Crippen LogP contribution in [-0.2, 0) is 0 Å². The maximum atomic E-state index is 9.05. The maximum Gasteiger partial charge on any atom is 0.182 e. The van der Waals surface area contributed by atoms with Gasteiger partial charge in [-0.05, 0) is 31.6 Å². The van der Waals surface area contributed by atoms with E-state index < -0.39 is 0 Å². The summed E-state index contributed by atoms with van der Waals surface area (Å²) >= 11 is 0. The summed E-state index contributed by atoms with van der Waals surface area (Å²) in [4.78, 5) is 10.9. The molecule has 2 fully saturated rings. The predicted molar refractivity (Wildman–Crippen MR) is 81.8 cm³/mol. The summed E-state index contributed by atoms with van der Waals surface area (Å²) in [6, 6.07) is 2.51. The quantitative estimate of drug-likeness (QED) is 0.920. The molecule has 2 aliphatic rings. The fraction of sp³-hybridized carbons (Fsp3) is 0.688. The Labute approximate surface area is 126 Å². The van der Waals surface area contributed by atoms with E-state index in [4.69, 9.17) is 5.26 Å². The zero-order valence-electron chi connectivity index (χ0n) is 12.5. The van der Waals surface area contributed by atoms with Crippen LogP contribution in [0.25, 0.3) is 0 Å².